The van der Waals surface area contributed by atoms with Crippen LogP contribution in [0.5, 0.6) is 0 Å². The lowest BCUT2D eigenvalue weighted by Crippen LogP contribution is -2.40. The van der Waals surface area contributed by atoms with Gasteiger partial charge in [-0.2, -0.15) is 4.98 Å². The Bertz CT molecular complexity index is 1180. The van der Waals surface area contributed by atoms with Gasteiger partial charge in [0.25, 0.3) is 0 Å². The van der Waals surface area contributed by atoms with Crippen molar-refractivity contribution >= 4 is 22.9 Å². The minimum Gasteiger partial charge on any atom is -0.386 e. The van der Waals surface area contributed by atoms with E-state index >= 15 is 0 Å². The van der Waals surface area contributed by atoms with Crippen LogP contribution < -0.4 is 10.6 Å². The lowest BCUT2D eigenvalue weighted by Gasteiger charge is -2.30. The molecular weight excluding hydrogens is 410 g/mol. The second kappa shape index (κ2) is 8.36. The summed E-state index contributed by atoms with van der Waals surface area (Å²) >= 11 is 1.80. The molecule has 0 aromatic carbocycles. The minimum atomic E-state index is -0.716. The molecule has 1 atom stereocenters. The summed E-state index contributed by atoms with van der Waals surface area (Å²) in [6, 6.07) is 7.99. The van der Waals surface area contributed by atoms with Gasteiger partial charge >= 0.3 is 5.69 Å². The lowest BCUT2D eigenvalue weighted by atomic mass is 9.99. The monoisotopic (exact) mass is 435 g/mol. The zero-order valence-electron chi connectivity index (χ0n) is 17.5. The molecule has 0 saturated carbocycles. The Morgan fingerprint density at radius 3 is 2.87 bits per heavy atom. The van der Waals surface area contributed by atoms with Crippen LogP contribution in [-0.2, 0) is 19.4 Å². The topological polar surface area (TPSA) is 84.1 Å². The van der Waals surface area contributed by atoms with Crippen LogP contribution in [0.25, 0.3) is 5.57 Å². The molecule has 3 aromatic rings. The fourth-order valence-electron chi connectivity index (χ4n) is 4.28. The van der Waals surface area contributed by atoms with Gasteiger partial charge in [-0.1, -0.05) is 12.1 Å². The van der Waals surface area contributed by atoms with Crippen LogP contribution in [0, 0.1) is 6.92 Å². The van der Waals surface area contributed by atoms with E-state index in [0.717, 1.165) is 29.8 Å². The van der Waals surface area contributed by atoms with Crippen LogP contribution >= 0.6 is 11.3 Å². The number of nitrogens with zero attached hydrogens (tertiary/aromatic N) is 5. The second-order valence-corrected chi connectivity index (χ2v) is 9.40. The fourth-order valence-corrected chi connectivity index (χ4v) is 5.54. The van der Waals surface area contributed by atoms with E-state index < -0.39 is 6.10 Å². The van der Waals surface area contributed by atoms with Crippen molar-refractivity contribution < 1.29 is 5.11 Å². The van der Waals surface area contributed by atoms with Crippen molar-refractivity contribution in [3.63, 3.8) is 0 Å². The molecule has 4 heterocycles. The fraction of sp³-hybridized carbons (Fsp3) is 0.391. The predicted octanol–water partition coefficient (Wildman–Crippen LogP) is 2.59. The van der Waals surface area contributed by atoms with Crippen molar-refractivity contribution in [2.24, 2.45) is 0 Å². The van der Waals surface area contributed by atoms with Gasteiger partial charge in [-0.3, -0.25) is 9.55 Å². The van der Waals surface area contributed by atoms with E-state index in [1.165, 1.54) is 28.2 Å². The molecule has 8 heteroatoms. The summed E-state index contributed by atoms with van der Waals surface area (Å²) < 4.78 is 1.55. The van der Waals surface area contributed by atoms with Crippen LogP contribution in [0.15, 0.2) is 41.5 Å². The van der Waals surface area contributed by atoms with Crippen LogP contribution in [0.2, 0.25) is 0 Å². The maximum atomic E-state index is 12.6. The summed E-state index contributed by atoms with van der Waals surface area (Å²) in [5, 5.41) is 10.7. The first kappa shape index (κ1) is 20.1. The number of aliphatic hydroxyl groups excluding tert-OH is 1. The SMILES string of the molecule is Cc1cccc(C2=CCN(c3ncn(Cc4cc5c(s4)CCCC5)c(=O)n3)C[C@@H]2O)n1. The van der Waals surface area contributed by atoms with Crippen molar-refractivity contribution in [3.05, 3.63) is 73.9 Å². The van der Waals surface area contributed by atoms with Gasteiger partial charge < -0.3 is 10.0 Å². The van der Waals surface area contributed by atoms with E-state index in [4.69, 9.17) is 0 Å². The Morgan fingerprint density at radius 2 is 2.10 bits per heavy atom. The van der Waals surface area contributed by atoms with Crippen LogP contribution in [0.4, 0.5) is 5.95 Å². The summed E-state index contributed by atoms with van der Waals surface area (Å²) in [7, 11) is 0. The Labute approximate surface area is 184 Å². The summed E-state index contributed by atoms with van der Waals surface area (Å²) in [5.41, 5.74) is 3.61. The summed E-state index contributed by atoms with van der Waals surface area (Å²) in [5.74, 6) is 0.346. The molecule has 0 saturated heterocycles. The Balaban J connectivity index is 1.32. The molecule has 0 fully saturated rings. The number of β-amino-alcohol motifs (C(OH)–C–C–N with tert-alkyl or cyclic N) is 1. The van der Waals surface area contributed by atoms with Gasteiger partial charge in [0.2, 0.25) is 5.95 Å². The number of rotatable bonds is 4. The van der Waals surface area contributed by atoms with Gasteiger partial charge in [0.1, 0.15) is 6.33 Å². The standard InChI is InChI=1S/C23H25N5O2S/c1-15-5-4-7-19(25-15)18-9-10-27(13-20(18)29)22-24-14-28(23(30)26-22)12-17-11-16-6-2-3-8-21(16)31-17/h4-5,7,9,11,14,20,29H,2-3,6,8,10,12-13H2,1H3/t20-/m0/s1. The third-order valence-corrected chi connectivity index (χ3v) is 7.10. The lowest BCUT2D eigenvalue weighted by molar-refractivity contribution is 0.233. The summed E-state index contributed by atoms with van der Waals surface area (Å²) in [4.78, 5) is 30.2. The van der Waals surface area contributed by atoms with Crippen molar-refractivity contribution in [1.82, 2.24) is 19.5 Å². The van der Waals surface area contributed by atoms with E-state index in [-0.39, 0.29) is 5.69 Å². The quantitative estimate of drug-likeness (QED) is 0.678. The average Bonchev–Trinajstić information content (AvgIpc) is 3.17. The highest BCUT2D eigenvalue weighted by atomic mass is 32.1. The van der Waals surface area contributed by atoms with Gasteiger partial charge in [0.05, 0.1) is 24.9 Å². The molecule has 1 N–H and O–H groups in total. The second-order valence-electron chi connectivity index (χ2n) is 8.18. The van der Waals surface area contributed by atoms with Gasteiger partial charge in [0, 0.05) is 27.6 Å². The van der Waals surface area contributed by atoms with Crippen molar-refractivity contribution in [2.75, 3.05) is 18.0 Å². The van der Waals surface area contributed by atoms with Gasteiger partial charge in [-0.05, 0) is 56.4 Å². The number of pyridine rings is 1. The molecule has 5 rings (SSSR count). The first-order valence-electron chi connectivity index (χ1n) is 10.7. The zero-order valence-corrected chi connectivity index (χ0v) is 18.3. The number of thiophene rings is 1. The highest BCUT2D eigenvalue weighted by Crippen LogP contribution is 2.30. The summed E-state index contributed by atoms with van der Waals surface area (Å²) in [6.07, 6.45) is 7.57. The molecule has 1 aliphatic carbocycles. The minimum absolute atomic E-state index is 0.319. The predicted molar refractivity (Wildman–Crippen MR) is 122 cm³/mol. The Morgan fingerprint density at radius 1 is 1.23 bits per heavy atom. The smallest absolute Gasteiger partial charge is 0.352 e. The molecular formula is C23H25N5O2S. The molecule has 31 heavy (non-hydrogen) atoms. The highest BCUT2D eigenvalue weighted by Gasteiger charge is 2.24. The van der Waals surface area contributed by atoms with E-state index in [2.05, 4.69) is 21.0 Å². The van der Waals surface area contributed by atoms with E-state index in [9.17, 15) is 9.90 Å². The number of anilines is 1. The Kier molecular flexibility index (Phi) is 5.41. The van der Waals surface area contributed by atoms with Gasteiger partial charge in [-0.15, -0.1) is 11.3 Å². The number of aromatic nitrogens is 4. The van der Waals surface area contributed by atoms with Crippen LogP contribution in [-0.4, -0.2) is 43.8 Å². The van der Waals surface area contributed by atoms with E-state index in [0.29, 0.717) is 25.6 Å². The number of fused-ring (bicyclic) bond motifs is 1. The van der Waals surface area contributed by atoms with Crippen LogP contribution in [0.1, 0.15) is 39.5 Å². The molecule has 2 aliphatic rings. The zero-order chi connectivity index (χ0) is 21.4. The maximum absolute atomic E-state index is 12.6. The molecule has 0 bridgehead atoms. The number of hydrogen-bond donors (Lipinski definition) is 1. The van der Waals surface area contributed by atoms with Crippen molar-refractivity contribution in [1.29, 1.82) is 0 Å². The molecule has 7 nitrogen and oxygen atoms in total. The van der Waals surface area contributed by atoms with E-state index in [1.807, 2.05) is 36.1 Å². The molecule has 1 aliphatic heterocycles. The average molecular weight is 436 g/mol. The third-order valence-electron chi connectivity index (χ3n) is 5.88. The molecule has 0 unspecified atom stereocenters. The molecule has 0 amide bonds. The largest absolute Gasteiger partial charge is 0.386 e. The van der Waals surface area contributed by atoms with Gasteiger partial charge in [-0.25, -0.2) is 9.78 Å². The number of aryl methyl sites for hydroxylation is 3. The Hall–Kier alpha value is -2.84. The molecule has 160 valence electrons. The first-order chi connectivity index (χ1) is 15.1. The third kappa shape index (κ3) is 4.18. The van der Waals surface area contributed by atoms with Crippen molar-refractivity contribution in [2.45, 2.75) is 45.3 Å². The number of hydrogen-bond acceptors (Lipinski definition) is 7. The summed E-state index contributed by atoms with van der Waals surface area (Å²) in [6.45, 7) is 3.27. The number of aliphatic hydroxyl groups is 1. The normalized spacial score (nSPS) is 18.6. The van der Waals surface area contributed by atoms with Crippen LogP contribution in [0.3, 0.4) is 0 Å². The molecule has 0 spiro atoms. The van der Waals surface area contributed by atoms with E-state index in [1.54, 1.807) is 22.2 Å². The maximum Gasteiger partial charge on any atom is 0.352 e. The first-order valence-corrected chi connectivity index (χ1v) is 11.5. The highest BCUT2D eigenvalue weighted by molar-refractivity contribution is 7.12. The van der Waals surface area contributed by atoms with Crippen molar-refractivity contribution in [3.8, 4) is 0 Å². The molecule has 3 aromatic heterocycles. The van der Waals surface area contributed by atoms with Gasteiger partial charge in [0.15, 0.2) is 0 Å². The molecule has 0 radical (unpaired) electrons.